The number of hydrogen-bond donors (Lipinski definition) is 0. The minimum absolute atomic E-state index is 0.691. The second-order valence-electron chi connectivity index (χ2n) is 3.03. The summed E-state index contributed by atoms with van der Waals surface area (Å²) in [5, 5.41) is 0.879. The molecule has 1 saturated carbocycles. The van der Waals surface area contributed by atoms with Gasteiger partial charge in [0.25, 0.3) is 0 Å². The number of nitrogens with zero attached hydrogens (tertiary/aromatic N) is 1. The van der Waals surface area contributed by atoms with Crippen molar-refractivity contribution >= 4 is 11.6 Å². The summed E-state index contributed by atoms with van der Waals surface area (Å²) in [4.78, 5) is 4.06. The number of hydrogen-bond acceptors (Lipinski definition) is 1. The van der Waals surface area contributed by atoms with Gasteiger partial charge in [-0.15, -0.1) is 0 Å². The molecule has 2 rings (SSSR count). The molecule has 1 aliphatic rings. The Labute approximate surface area is 71.4 Å². The molecule has 1 aliphatic carbocycles. The molecule has 0 amide bonds. The summed E-state index contributed by atoms with van der Waals surface area (Å²) in [5.74, 6) is 0.691. The highest BCUT2D eigenvalue weighted by Gasteiger charge is 2.21. The molecule has 2 heteroatoms. The van der Waals surface area contributed by atoms with Gasteiger partial charge in [-0.1, -0.05) is 18.0 Å². The Morgan fingerprint density at radius 2 is 2.27 bits per heavy atom. The molecule has 11 heavy (non-hydrogen) atoms. The van der Waals surface area contributed by atoms with Crippen molar-refractivity contribution in [3.05, 3.63) is 29.0 Å². The summed E-state index contributed by atoms with van der Waals surface area (Å²) >= 11 is 5.99. The molecule has 0 unspecified atom stereocenters. The van der Waals surface area contributed by atoms with Gasteiger partial charge < -0.3 is 0 Å². The molecular weight excluding hydrogens is 158 g/mol. The lowest BCUT2D eigenvalue weighted by atomic mass is 9.81. The monoisotopic (exact) mass is 167 g/mol. The predicted molar refractivity (Wildman–Crippen MR) is 45.8 cm³/mol. The molecule has 1 heterocycles. The maximum absolute atomic E-state index is 5.99. The molecule has 0 aromatic carbocycles. The molecule has 0 radical (unpaired) electrons. The van der Waals surface area contributed by atoms with Crippen molar-refractivity contribution in [1.82, 2.24) is 4.98 Å². The third kappa shape index (κ3) is 1.25. The van der Waals surface area contributed by atoms with E-state index in [4.69, 9.17) is 11.6 Å². The normalized spacial score (nSPS) is 17.9. The first kappa shape index (κ1) is 7.11. The van der Waals surface area contributed by atoms with Crippen LogP contribution >= 0.6 is 11.6 Å². The second kappa shape index (κ2) is 2.82. The standard InChI is InChI=1S/C9H10ClN/c10-9-4-5-11-6-8(9)7-2-1-3-7/h4-7H,1-3H2. The Morgan fingerprint density at radius 1 is 1.45 bits per heavy atom. The lowest BCUT2D eigenvalue weighted by molar-refractivity contribution is 0.419. The van der Waals surface area contributed by atoms with Crippen LogP contribution in [0.1, 0.15) is 30.7 Å². The predicted octanol–water partition coefficient (Wildman–Crippen LogP) is 3.00. The zero-order valence-electron chi connectivity index (χ0n) is 6.26. The first-order valence-corrected chi connectivity index (χ1v) is 4.35. The van der Waals surface area contributed by atoms with Crippen molar-refractivity contribution < 1.29 is 0 Å². The minimum Gasteiger partial charge on any atom is -0.264 e. The second-order valence-corrected chi connectivity index (χ2v) is 3.43. The number of pyridine rings is 1. The summed E-state index contributed by atoms with van der Waals surface area (Å²) in [6, 6.07) is 1.87. The lowest BCUT2D eigenvalue weighted by Gasteiger charge is -2.25. The van der Waals surface area contributed by atoms with Gasteiger partial charge in [0.2, 0.25) is 0 Å². The molecule has 1 aromatic heterocycles. The first-order chi connectivity index (χ1) is 5.38. The molecule has 0 spiro atoms. The van der Waals surface area contributed by atoms with Gasteiger partial charge in [0, 0.05) is 17.4 Å². The molecule has 0 N–H and O–H groups in total. The highest BCUT2D eigenvalue weighted by molar-refractivity contribution is 6.31. The number of aromatic nitrogens is 1. The quantitative estimate of drug-likeness (QED) is 0.627. The van der Waals surface area contributed by atoms with Crippen LogP contribution in [0.3, 0.4) is 0 Å². The van der Waals surface area contributed by atoms with Gasteiger partial charge in [-0.3, -0.25) is 4.98 Å². The van der Waals surface area contributed by atoms with Crippen LogP contribution in [0, 0.1) is 0 Å². The lowest BCUT2D eigenvalue weighted by Crippen LogP contribution is -2.09. The molecule has 1 aromatic rings. The fourth-order valence-electron chi connectivity index (χ4n) is 1.41. The van der Waals surface area contributed by atoms with Crippen molar-refractivity contribution in [3.8, 4) is 0 Å². The van der Waals surface area contributed by atoms with E-state index in [9.17, 15) is 0 Å². The van der Waals surface area contributed by atoms with Gasteiger partial charge in [-0.25, -0.2) is 0 Å². The molecule has 0 saturated heterocycles. The molecule has 0 aliphatic heterocycles. The van der Waals surface area contributed by atoms with E-state index in [-0.39, 0.29) is 0 Å². The van der Waals surface area contributed by atoms with Crippen molar-refractivity contribution in [2.75, 3.05) is 0 Å². The van der Waals surface area contributed by atoms with Gasteiger partial charge in [-0.2, -0.15) is 0 Å². The maximum Gasteiger partial charge on any atom is 0.0471 e. The van der Waals surface area contributed by atoms with E-state index in [0.717, 1.165) is 5.02 Å². The third-order valence-electron chi connectivity index (χ3n) is 2.34. The SMILES string of the molecule is Clc1ccncc1C1CCC1. The topological polar surface area (TPSA) is 12.9 Å². The van der Waals surface area contributed by atoms with Crippen molar-refractivity contribution in [3.63, 3.8) is 0 Å². The summed E-state index contributed by atoms with van der Waals surface area (Å²) in [6.45, 7) is 0. The van der Waals surface area contributed by atoms with E-state index in [0.29, 0.717) is 5.92 Å². The van der Waals surface area contributed by atoms with Crippen LogP contribution < -0.4 is 0 Å². The molecule has 0 bridgehead atoms. The van der Waals surface area contributed by atoms with Crippen LogP contribution in [0.2, 0.25) is 5.02 Å². The molecular formula is C9H10ClN. The van der Waals surface area contributed by atoms with E-state index >= 15 is 0 Å². The van der Waals surface area contributed by atoms with E-state index in [1.807, 2.05) is 12.3 Å². The zero-order valence-corrected chi connectivity index (χ0v) is 7.01. The Bertz CT molecular complexity index is 255. The highest BCUT2D eigenvalue weighted by Crippen LogP contribution is 2.38. The maximum atomic E-state index is 5.99. The van der Waals surface area contributed by atoms with E-state index in [1.54, 1.807) is 6.20 Å². The number of rotatable bonds is 1. The Morgan fingerprint density at radius 3 is 2.82 bits per heavy atom. The van der Waals surface area contributed by atoms with Crippen LogP contribution in [0.15, 0.2) is 18.5 Å². The summed E-state index contributed by atoms with van der Waals surface area (Å²) in [5.41, 5.74) is 1.24. The molecule has 1 nitrogen and oxygen atoms in total. The van der Waals surface area contributed by atoms with Gasteiger partial charge in [-0.05, 0) is 30.4 Å². The first-order valence-electron chi connectivity index (χ1n) is 3.97. The van der Waals surface area contributed by atoms with Crippen molar-refractivity contribution in [1.29, 1.82) is 0 Å². The van der Waals surface area contributed by atoms with Crippen LogP contribution in [0.4, 0.5) is 0 Å². The zero-order chi connectivity index (χ0) is 7.68. The molecule has 58 valence electrons. The highest BCUT2D eigenvalue weighted by atomic mass is 35.5. The summed E-state index contributed by atoms with van der Waals surface area (Å²) < 4.78 is 0. The van der Waals surface area contributed by atoms with Crippen LogP contribution in [-0.2, 0) is 0 Å². The average Bonchev–Trinajstić information content (AvgIpc) is 1.90. The molecule has 1 fully saturated rings. The van der Waals surface area contributed by atoms with Gasteiger partial charge in [0.05, 0.1) is 0 Å². The largest absolute Gasteiger partial charge is 0.264 e. The van der Waals surface area contributed by atoms with Crippen LogP contribution in [0.25, 0.3) is 0 Å². The van der Waals surface area contributed by atoms with Gasteiger partial charge >= 0.3 is 0 Å². The smallest absolute Gasteiger partial charge is 0.0471 e. The Hall–Kier alpha value is -0.560. The summed E-state index contributed by atoms with van der Waals surface area (Å²) in [7, 11) is 0. The summed E-state index contributed by atoms with van der Waals surface area (Å²) in [6.07, 6.45) is 7.55. The average molecular weight is 168 g/mol. The van der Waals surface area contributed by atoms with Crippen LogP contribution in [-0.4, -0.2) is 4.98 Å². The van der Waals surface area contributed by atoms with Crippen molar-refractivity contribution in [2.24, 2.45) is 0 Å². The van der Waals surface area contributed by atoms with Crippen LogP contribution in [0.5, 0.6) is 0 Å². The number of halogens is 1. The van der Waals surface area contributed by atoms with E-state index in [2.05, 4.69) is 4.98 Å². The molecule has 0 atom stereocenters. The Kier molecular flexibility index (Phi) is 1.82. The van der Waals surface area contributed by atoms with Crippen molar-refractivity contribution in [2.45, 2.75) is 25.2 Å². The third-order valence-corrected chi connectivity index (χ3v) is 2.69. The Balaban J connectivity index is 2.28. The van der Waals surface area contributed by atoms with E-state index in [1.165, 1.54) is 24.8 Å². The van der Waals surface area contributed by atoms with Gasteiger partial charge in [0.15, 0.2) is 0 Å². The fourth-order valence-corrected chi connectivity index (χ4v) is 1.67. The van der Waals surface area contributed by atoms with E-state index < -0.39 is 0 Å². The van der Waals surface area contributed by atoms with Gasteiger partial charge in [0.1, 0.15) is 0 Å². The minimum atomic E-state index is 0.691. The fraction of sp³-hybridized carbons (Fsp3) is 0.444.